The third kappa shape index (κ3) is 2.28. The molecular weight excluding hydrogens is 248 g/mol. The van der Waals surface area contributed by atoms with Crippen LogP contribution in [0, 0.1) is 0 Å². The fraction of sp³-hybridized carbons (Fsp3) is 0.0556. The van der Waals surface area contributed by atoms with E-state index in [1.165, 1.54) is 17.9 Å². The Morgan fingerprint density at radius 3 is 2.15 bits per heavy atom. The standard InChI is InChI=1S/C18H14O2/c1-20-18(19)15-9-6-14(7-10-15)17-11-8-13-4-2-3-5-16(13)12-17/h2-12H,1H3. The molecule has 0 atom stereocenters. The van der Waals surface area contributed by atoms with E-state index in [9.17, 15) is 4.79 Å². The minimum absolute atomic E-state index is 0.310. The maximum Gasteiger partial charge on any atom is 0.337 e. The van der Waals surface area contributed by atoms with Gasteiger partial charge >= 0.3 is 5.97 Å². The van der Waals surface area contributed by atoms with Crippen LogP contribution in [0.2, 0.25) is 0 Å². The van der Waals surface area contributed by atoms with Crippen molar-refractivity contribution in [2.24, 2.45) is 0 Å². The Hall–Kier alpha value is -2.61. The number of esters is 1. The molecule has 3 rings (SSSR count). The van der Waals surface area contributed by atoms with Crippen LogP contribution in [0.3, 0.4) is 0 Å². The van der Waals surface area contributed by atoms with Crippen LogP contribution in [0.5, 0.6) is 0 Å². The van der Waals surface area contributed by atoms with E-state index < -0.39 is 0 Å². The Morgan fingerprint density at radius 2 is 1.45 bits per heavy atom. The fourth-order valence-corrected chi connectivity index (χ4v) is 2.29. The number of rotatable bonds is 2. The molecule has 0 N–H and O–H groups in total. The molecule has 0 bridgehead atoms. The van der Waals surface area contributed by atoms with Crippen LogP contribution >= 0.6 is 0 Å². The number of methoxy groups -OCH3 is 1. The molecule has 0 aliphatic rings. The smallest absolute Gasteiger partial charge is 0.337 e. The van der Waals surface area contributed by atoms with Crippen molar-refractivity contribution in [2.75, 3.05) is 7.11 Å². The van der Waals surface area contributed by atoms with E-state index in [-0.39, 0.29) is 5.97 Å². The molecule has 3 aromatic carbocycles. The van der Waals surface area contributed by atoms with Crippen molar-refractivity contribution in [2.45, 2.75) is 0 Å². The number of fused-ring (bicyclic) bond motifs is 1. The lowest BCUT2D eigenvalue weighted by atomic mass is 10.0. The maximum atomic E-state index is 11.4. The molecule has 0 heterocycles. The molecule has 98 valence electrons. The second-order valence-electron chi connectivity index (χ2n) is 4.63. The van der Waals surface area contributed by atoms with E-state index in [4.69, 9.17) is 4.74 Å². The number of hydrogen-bond acceptors (Lipinski definition) is 2. The molecule has 0 radical (unpaired) electrons. The summed E-state index contributed by atoms with van der Waals surface area (Å²) in [5, 5.41) is 2.43. The van der Waals surface area contributed by atoms with Crippen LogP contribution in [0.25, 0.3) is 21.9 Å². The summed E-state index contributed by atoms with van der Waals surface area (Å²) in [5.74, 6) is -0.310. The highest BCUT2D eigenvalue weighted by Crippen LogP contribution is 2.24. The first kappa shape index (κ1) is 12.4. The second kappa shape index (κ2) is 5.17. The average Bonchev–Trinajstić information content (AvgIpc) is 2.54. The van der Waals surface area contributed by atoms with Crippen molar-refractivity contribution in [3.63, 3.8) is 0 Å². The molecule has 0 aliphatic carbocycles. The largest absolute Gasteiger partial charge is 0.465 e. The summed E-state index contributed by atoms with van der Waals surface area (Å²) in [7, 11) is 1.39. The van der Waals surface area contributed by atoms with Crippen LogP contribution < -0.4 is 0 Å². The van der Waals surface area contributed by atoms with Crippen LogP contribution in [-0.2, 0) is 4.74 Å². The van der Waals surface area contributed by atoms with Gasteiger partial charge in [0.05, 0.1) is 12.7 Å². The van der Waals surface area contributed by atoms with Gasteiger partial charge in [0.25, 0.3) is 0 Å². The van der Waals surface area contributed by atoms with Gasteiger partial charge < -0.3 is 4.74 Å². The zero-order valence-electron chi connectivity index (χ0n) is 11.2. The molecule has 20 heavy (non-hydrogen) atoms. The van der Waals surface area contributed by atoms with Gasteiger partial charge in [0.1, 0.15) is 0 Å². The number of ether oxygens (including phenoxy) is 1. The lowest BCUT2D eigenvalue weighted by Crippen LogP contribution is -2.00. The molecule has 0 aliphatic heterocycles. The minimum atomic E-state index is -0.310. The number of benzene rings is 3. The molecule has 0 fully saturated rings. The van der Waals surface area contributed by atoms with Crippen LogP contribution in [0.4, 0.5) is 0 Å². The molecule has 2 heteroatoms. The Morgan fingerprint density at radius 1 is 0.800 bits per heavy atom. The zero-order chi connectivity index (χ0) is 13.9. The van der Waals surface area contributed by atoms with Crippen molar-refractivity contribution in [3.8, 4) is 11.1 Å². The molecule has 0 spiro atoms. The number of carbonyl (C=O) groups excluding carboxylic acids is 1. The normalized spacial score (nSPS) is 10.4. The van der Waals surface area contributed by atoms with Crippen molar-refractivity contribution >= 4 is 16.7 Å². The van der Waals surface area contributed by atoms with Crippen LogP contribution in [-0.4, -0.2) is 13.1 Å². The van der Waals surface area contributed by atoms with Gasteiger partial charge in [0, 0.05) is 0 Å². The Kier molecular flexibility index (Phi) is 3.21. The molecule has 0 saturated heterocycles. The summed E-state index contributed by atoms with van der Waals surface area (Å²) >= 11 is 0. The van der Waals surface area contributed by atoms with Crippen LogP contribution in [0.15, 0.2) is 66.7 Å². The van der Waals surface area contributed by atoms with Gasteiger partial charge in [-0.1, -0.05) is 48.5 Å². The lowest BCUT2D eigenvalue weighted by molar-refractivity contribution is 0.0601. The Balaban J connectivity index is 2.00. The highest BCUT2D eigenvalue weighted by Gasteiger charge is 2.05. The molecule has 3 aromatic rings. The molecule has 0 aromatic heterocycles. The number of hydrogen-bond donors (Lipinski definition) is 0. The van der Waals surface area contributed by atoms with Gasteiger partial charge in [-0.3, -0.25) is 0 Å². The molecule has 0 amide bonds. The first-order valence-electron chi connectivity index (χ1n) is 6.45. The maximum absolute atomic E-state index is 11.4. The minimum Gasteiger partial charge on any atom is -0.465 e. The van der Waals surface area contributed by atoms with Gasteiger partial charge in [0.15, 0.2) is 0 Å². The molecule has 0 saturated carbocycles. The molecule has 0 unspecified atom stereocenters. The summed E-state index contributed by atoms with van der Waals surface area (Å²) in [6.45, 7) is 0. The van der Waals surface area contributed by atoms with Gasteiger partial charge in [-0.05, 0) is 40.1 Å². The van der Waals surface area contributed by atoms with Gasteiger partial charge in [-0.15, -0.1) is 0 Å². The molecular formula is C18H14O2. The zero-order valence-corrected chi connectivity index (χ0v) is 11.2. The van der Waals surface area contributed by atoms with E-state index in [1.807, 2.05) is 24.3 Å². The predicted octanol–water partition coefficient (Wildman–Crippen LogP) is 4.29. The summed E-state index contributed by atoms with van der Waals surface area (Å²) < 4.78 is 4.70. The SMILES string of the molecule is COC(=O)c1ccc(-c2ccc3ccccc3c2)cc1. The Bertz CT molecular complexity index is 758. The number of carbonyl (C=O) groups is 1. The average molecular weight is 262 g/mol. The highest BCUT2D eigenvalue weighted by atomic mass is 16.5. The van der Waals surface area contributed by atoms with E-state index >= 15 is 0 Å². The van der Waals surface area contributed by atoms with Crippen molar-refractivity contribution < 1.29 is 9.53 Å². The van der Waals surface area contributed by atoms with Crippen molar-refractivity contribution in [1.82, 2.24) is 0 Å². The van der Waals surface area contributed by atoms with E-state index in [1.54, 1.807) is 12.1 Å². The predicted molar refractivity (Wildman–Crippen MR) is 80.7 cm³/mol. The summed E-state index contributed by atoms with van der Waals surface area (Å²) in [6, 6.07) is 22.1. The van der Waals surface area contributed by atoms with Gasteiger partial charge in [-0.2, -0.15) is 0 Å². The van der Waals surface area contributed by atoms with Gasteiger partial charge in [0.2, 0.25) is 0 Å². The van der Waals surface area contributed by atoms with E-state index in [0.29, 0.717) is 5.56 Å². The lowest BCUT2D eigenvalue weighted by Gasteiger charge is -2.05. The monoisotopic (exact) mass is 262 g/mol. The second-order valence-corrected chi connectivity index (χ2v) is 4.63. The summed E-state index contributed by atoms with van der Waals surface area (Å²) in [6.07, 6.45) is 0. The van der Waals surface area contributed by atoms with Crippen molar-refractivity contribution in [3.05, 3.63) is 72.3 Å². The topological polar surface area (TPSA) is 26.3 Å². The first-order chi connectivity index (χ1) is 9.78. The Labute approximate surface area is 117 Å². The fourth-order valence-electron chi connectivity index (χ4n) is 2.29. The van der Waals surface area contributed by atoms with Crippen LogP contribution in [0.1, 0.15) is 10.4 Å². The van der Waals surface area contributed by atoms with E-state index in [2.05, 4.69) is 30.3 Å². The van der Waals surface area contributed by atoms with Crippen molar-refractivity contribution in [1.29, 1.82) is 0 Å². The summed E-state index contributed by atoms with van der Waals surface area (Å²) in [4.78, 5) is 11.4. The molecule has 2 nitrogen and oxygen atoms in total. The summed E-state index contributed by atoms with van der Waals surface area (Å²) in [5.41, 5.74) is 2.79. The third-order valence-corrected chi connectivity index (χ3v) is 3.39. The highest BCUT2D eigenvalue weighted by molar-refractivity contribution is 5.91. The first-order valence-corrected chi connectivity index (χ1v) is 6.45. The van der Waals surface area contributed by atoms with Gasteiger partial charge in [-0.25, -0.2) is 4.79 Å². The quantitative estimate of drug-likeness (QED) is 0.644. The van der Waals surface area contributed by atoms with E-state index in [0.717, 1.165) is 11.1 Å². The third-order valence-electron chi connectivity index (χ3n) is 3.39.